The highest BCUT2D eigenvalue weighted by Gasteiger charge is 2.20. The second-order valence-corrected chi connectivity index (χ2v) is 12.0. The number of nitrogens with zero attached hydrogens (tertiary/aromatic N) is 6. The van der Waals surface area contributed by atoms with Gasteiger partial charge in [0.1, 0.15) is 12.1 Å². The van der Waals surface area contributed by atoms with E-state index in [9.17, 15) is 10.5 Å². The Bertz CT molecular complexity index is 2490. The van der Waals surface area contributed by atoms with Crippen LogP contribution in [0.2, 0.25) is 0 Å². The van der Waals surface area contributed by atoms with Gasteiger partial charge in [0, 0.05) is 39.3 Å². The maximum atomic E-state index is 9.98. The van der Waals surface area contributed by atoms with Gasteiger partial charge in [0.25, 0.3) is 0 Å². The molecular weight excluding hydrogens is 601 g/mol. The van der Waals surface area contributed by atoms with Crippen molar-refractivity contribution in [3.05, 3.63) is 168 Å². The van der Waals surface area contributed by atoms with E-state index in [1.807, 2.05) is 24.3 Å². The maximum absolute atomic E-state index is 9.98. The van der Waals surface area contributed by atoms with Crippen LogP contribution in [0.5, 0.6) is 0 Å². The Morgan fingerprint density at radius 1 is 0.408 bits per heavy atom. The highest BCUT2D eigenvalue weighted by molar-refractivity contribution is 6.19. The van der Waals surface area contributed by atoms with E-state index >= 15 is 0 Å². The van der Waals surface area contributed by atoms with Crippen molar-refractivity contribution in [3.63, 3.8) is 0 Å². The summed E-state index contributed by atoms with van der Waals surface area (Å²) in [7, 11) is 0. The fourth-order valence-electron chi connectivity index (χ4n) is 7.11. The Hall–Kier alpha value is -7.02. The van der Waals surface area contributed by atoms with Gasteiger partial charge in [0.2, 0.25) is 0 Å². The lowest BCUT2D eigenvalue weighted by atomic mass is 9.99. The lowest BCUT2D eigenvalue weighted by Gasteiger charge is -2.12. The van der Waals surface area contributed by atoms with Crippen molar-refractivity contribution < 1.29 is 0 Å². The number of hydrogen-bond donors (Lipinski definition) is 0. The van der Waals surface area contributed by atoms with Gasteiger partial charge in [0.05, 0.1) is 33.5 Å². The monoisotopic (exact) mass is 626 g/mol. The molecule has 0 amide bonds. The third kappa shape index (κ3) is 4.55. The van der Waals surface area contributed by atoms with Gasteiger partial charge in [-0.15, -0.1) is 0 Å². The van der Waals surface area contributed by atoms with E-state index in [1.165, 1.54) is 21.5 Å². The van der Waals surface area contributed by atoms with Crippen molar-refractivity contribution in [2.45, 2.75) is 6.42 Å². The zero-order valence-corrected chi connectivity index (χ0v) is 26.2. The van der Waals surface area contributed by atoms with Crippen molar-refractivity contribution in [2.75, 3.05) is 0 Å². The first-order chi connectivity index (χ1) is 24.2. The number of aromatic nitrogens is 2. The molecule has 9 rings (SSSR count). The first kappa shape index (κ1) is 28.2. The third-order valence-corrected chi connectivity index (χ3v) is 9.34. The molecule has 0 fully saturated rings. The highest BCUT2D eigenvalue weighted by Crippen LogP contribution is 2.34. The molecule has 228 valence electrons. The first-order valence-corrected chi connectivity index (χ1v) is 16.1. The lowest BCUT2D eigenvalue weighted by molar-refractivity contribution is 1.18. The molecule has 0 bridgehead atoms. The summed E-state index contributed by atoms with van der Waals surface area (Å²) in [4.78, 5) is 9.40. The molecule has 8 aromatic rings. The summed E-state index contributed by atoms with van der Waals surface area (Å²) in [5, 5.41) is 24.8. The third-order valence-electron chi connectivity index (χ3n) is 9.34. The average Bonchev–Trinajstić information content (AvgIpc) is 3.60. The van der Waals surface area contributed by atoms with Gasteiger partial charge in [-0.3, -0.25) is 0 Å². The molecule has 0 spiro atoms. The molecule has 3 heterocycles. The van der Waals surface area contributed by atoms with E-state index < -0.39 is 0 Å². The topological polar surface area (TPSA) is 82.2 Å². The quantitative estimate of drug-likeness (QED) is 0.195. The van der Waals surface area contributed by atoms with Gasteiger partial charge in [-0.1, -0.05) is 97.1 Å². The Kier molecular flexibility index (Phi) is 6.54. The summed E-state index contributed by atoms with van der Waals surface area (Å²) in [6, 6.07) is 54.4. The summed E-state index contributed by atoms with van der Waals surface area (Å²) in [5.41, 5.74) is 9.72. The van der Waals surface area contributed by atoms with Crippen molar-refractivity contribution in [3.8, 4) is 23.5 Å². The second-order valence-electron chi connectivity index (χ2n) is 12.0. The Balaban J connectivity index is 1.10. The predicted octanol–water partition coefficient (Wildman–Crippen LogP) is 9.82. The zero-order valence-electron chi connectivity index (χ0n) is 26.2. The predicted molar refractivity (Wildman–Crippen MR) is 198 cm³/mol. The molecule has 49 heavy (non-hydrogen) atoms. The number of benzene rings is 6. The zero-order chi connectivity index (χ0) is 32.9. The fourth-order valence-corrected chi connectivity index (χ4v) is 7.11. The van der Waals surface area contributed by atoms with Crippen molar-refractivity contribution in [2.24, 2.45) is 9.98 Å². The molecule has 6 nitrogen and oxygen atoms in total. The normalized spacial score (nSPS) is 13.3. The van der Waals surface area contributed by atoms with Crippen LogP contribution in [0.1, 0.15) is 17.5 Å². The largest absolute Gasteiger partial charge is 0.309 e. The lowest BCUT2D eigenvalue weighted by Crippen LogP contribution is -2.10. The molecule has 1 aliphatic rings. The molecule has 0 aliphatic carbocycles. The van der Waals surface area contributed by atoms with Crippen LogP contribution in [0.25, 0.3) is 55.0 Å². The van der Waals surface area contributed by atoms with E-state index in [1.54, 1.807) is 0 Å². The average molecular weight is 627 g/mol. The van der Waals surface area contributed by atoms with Gasteiger partial charge in [0.15, 0.2) is 11.4 Å². The van der Waals surface area contributed by atoms with E-state index in [-0.39, 0.29) is 11.4 Å². The van der Waals surface area contributed by atoms with Gasteiger partial charge in [-0.25, -0.2) is 9.98 Å². The first-order valence-electron chi connectivity index (χ1n) is 16.1. The number of nitriles is 2. The summed E-state index contributed by atoms with van der Waals surface area (Å²) in [6.45, 7) is 0. The van der Waals surface area contributed by atoms with E-state index in [4.69, 9.17) is 9.98 Å². The maximum Gasteiger partial charge on any atom is 0.177 e. The second kappa shape index (κ2) is 11.3. The number of rotatable bonds is 4. The molecule has 0 radical (unpaired) electrons. The number of hydrogen-bond acceptors (Lipinski definition) is 4. The van der Waals surface area contributed by atoms with Crippen molar-refractivity contribution >= 4 is 55.0 Å². The summed E-state index contributed by atoms with van der Waals surface area (Å²) in [5.74, 6) is 0. The van der Waals surface area contributed by atoms with Gasteiger partial charge >= 0.3 is 0 Å². The number of para-hydroxylation sites is 4. The van der Waals surface area contributed by atoms with Gasteiger partial charge in [-0.2, -0.15) is 10.5 Å². The summed E-state index contributed by atoms with van der Waals surface area (Å²) < 4.78 is 4.53. The summed E-state index contributed by atoms with van der Waals surface area (Å²) >= 11 is 0. The number of aliphatic imine (C=N–C) groups is 2. The Morgan fingerprint density at radius 2 is 0.714 bits per heavy atom. The fraction of sp³-hybridized carbons (Fsp3) is 0.0233. The minimum Gasteiger partial charge on any atom is -0.309 e. The molecule has 0 saturated carbocycles. The van der Waals surface area contributed by atoms with Crippen LogP contribution in [0, 0.1) is 22.7 Å². The van der Waals surface area contributed by atoms with Crippen LogP contribution in [0.15, 0.2) is 167 Å². The standard InChI is InChI=1S/C43H26N6/c44-26-38-39(27-45)47-37(29-19-23-31(24-20-29)49-42-15-7-3-11-34(42)35-12-4-8-16-43(35)49)25-36(46-38)28-17-21-30(22-18-28)48-40-13-5-1-9-32(40)33-10-2-6-14-41(33)48/h1-24H,25H2. The molecule has 0 unspecified atom stereocenters. The van der Waals surface area contributed by atoms with E-state index in [0.29, 0.717) is 17.8 Å². The molecule has 6 heteroatoms. The highest BCUT2D eigenvalue weighted by atomic mass is 15.0. The Labute approximate surface area is 282 Å². The Morgan fingerprint density at radius 3 is 1.02 bits per heavy atom. The molecule has 2 aromatic heterocycles. The van der Waals surface area contributed by atoms with E-state index in [2.05, 4.69) is 143 Å². The smallest absolute Gasteiger partial charge is 0.177 e. The number of fused-ring (bicyclic) bond motifs is 6. The van der Waals surface area contributed by atoms with Crippen LogP contribution >= 0.6 is 0 Å². The molecular formula is C43H26N6. The van der Waals surface area contributed by atoms with Crippen molar-refractivity contribution in [1.29, 1.82) is 10.5 Å². The SMILES string of the molecule is N#CC1=C(C#N)N=C(c2ccc(-n3c4ccccc4c4ccccc43)cc2)CC(c2ccc(-n3c4ccccc4c4ccccc43)cc2)=N1. The van der Waals surface area contributed by atoms with Crippen LogP contribution < -0.4 is 0 Å². The number of allylic oxidation sites excluding steroid dienone is 2. The molecule has 0 N–H and O–H groups in total. The van der Waals surface area contributed by atoms with Crippen LogP contribution in [-0.4, -0.2) is 20.6 Å². The molecule has 0 atom stereocenters. The molecule has 1 aliphatic heterocycles. The minimum atomic E-state index is 0.0147. The van der Waals surface area contributed by atoms with Crippen LogP contribution in [-0.2, 0) is 0 Å². The van der Waals surface area contributed by atoms with Gasteiger partial charge < -0.3 is 9.13 Å². The summed E-state index contributed by atoms with van der Waals surface area (Å²) in [6.07, 6.45) is 0.361. The van der Waals surface area contributed by atoms with Gasteiger partial charge in [-0.05, 0) is 59.7 Å². The minimum absolute atomic E-state index is 0.0147. The molecule has 0 saturated heterocycles. The van der Waals surface area contributed by atoms with Crippen LogP contribution in [0.3, 0.4) is 0 Å². The van der Waals surface area contributed by atoms with Crippen LogP contribution in [0.4, 0.5) is 0 Å². The van der Waals surface area contributed by atoms with Crippen molar-refractivity contribution in [1.82, 2.24) is 9.13 Å². The molecule has 6 aromatic carbocycles. The van der Waals surface area contributed by atoms with E-state index in [0.717, 1.165) is 44.6 Å².